The highest BCUT2D eigenvalue weighted by Gasteiger charge is 2.80. The number of fused-ring (bicyclic) bond motifs is 1. The minimum atomic E-state index is -0.651. The number of hydrogen-bond acceptors (Lipinski definition) is 5. The van der Waals surface area contributed by atoms with Gasteiger partial charge in [-0.05, 0) is 32.6 Å². The highest BCUT2D eigenvalue weighted by Crippen LogP contribution is 2.52. The van der Waals surface area contributed by atoms with Gasteiger partial charge in [-0.2, -0.15) is 0 Å². The van der Waals surface area contributed by atoms with Gasteiger partial charge in [-0.25, -0.2) is 0 Å². The number of aliphatic hydroxyl groups is 1. The van der Waals surface area contributed by atoms with Crippen LogP contribution in [-0.2, 0) is 9.53 Å². The summed E-state index contributed by atoms with van der Waals surface area (Å²) in [7, 11) is 0. The quantitative estimate of drug-likeness (QED) is 0.294. The highest BCUT2D eigenvalue weighted by molar-refractivity contribution is 14.1. The van der Waals surface area contributed by atoms with Gasteiger partial charge in [-0.1, -0.05) is 29.5 Å². The predicted octanol–water partition coefficient (Wildman–Crippen LogP) is 1.04. The lowest BCUT2D eigenvalue weighted by atomic mass is 9.81. The van der Waals surface area contributed by atoms with E-state index in [2.05, 4.69) is 33.2 Å². The third-order valence-electron chi connectivity index (χ3n) is 4.84. The van der Waals surface area contributed by atoms with Crippen molar-refractivity contribution in [1.29, 1.82) is 0 Å². The zero-order valence-corrected chi connectivity index (χ0v) is 13.5. The first-order valence-electron chi connectivity index (χ1n) is 7.01. The van der Waals surface area contributed by atoms with Crippen LogP contribution in [0, 0.1) is 0 Å². The summed E-state index contributed by atoms with van der Waals surface area (Å²) in [6, 6.07) is 0. The Morgan fingerprint density at radius 2 is 2.21 bits per heavy atom. The van der Waals surface area contributed by atoms with Crippen LogP contribution >= 0.6 is 22.6 Å². The molecular weight excluding hydrogens is 359 g/mol. The molecule has 3 rings (SSSR count). The lowest BCUT2D eigenvalue weighted by Gasteiger charge is -2.37. The molecule has 0 aromatic rings. The average Bonchev–Trinajstić information content (AvgIpc) is 3.17. The second-order valence-electron chi connectivity index (χ2n) is 6.23. The number of nitrogens with one attached hydrogen (secondary N) is 2. The molecule has 0 amide bonds. The number of rotatable bonds is 4. The molecule has 2 saturated heterocycles. The normalized spacial score (nSPS) is 46.9. The summed E-state index contributed by atoms with van der Waals surface area (Å²) < 4.78 is 5.07. The van der Waals surface area contributed by atoms with E-state index in [1.54, 1.807) is 0 Å². The molecule has 1 saturated carbocycles. The Balaban J connectivity index is 1.60. The fraction of sp³-hybridized carbons (Fsp3) is 0.923. The maximum absolute atomic E-state index is 12.4. The molecule has 0 bridgehead atoms. The van der Waals surface area contributed by atoms with Crippen LogP contribution in [0.3, 0.4) is 0 Å². The maximum atomic E-state index is 12.4. The number of alkyl halides is 1. The van der Waals surface area contributed by atoms with Crippen molar-refractivity contribution < 1.29 is 14.6 Å². The van der Waals surface area contributed by atoms with Crippen molar-refractivity contribution in [2.45, 2.75) is 72.9 Å². The highest BCUT2D eigenvalue weighted by atomic mass is 127. The fourth-order valence-electron chi connectivity index (χ4n) is 3.05. The van der Waals surface area contributed by atoms with Crippen molar-refractivity contribution in [2.24, 2.45) is 0 Å². The third-order valence-corrected chi connectivity index (χ3v) is 6.13. The van der Waals surface area contributed by atoms with Crippen LogP contribution in [0.25, 0.3) is 0 Å². The molecule has 5 nitrogen and oxygen atoms in total. The molecule has 6 heteroatoms. The van der Waals surface area contributed by atoms with Crippen molar-refractivity contribution >= 4 is 28.6 Å². The van der Waals surface area contributed by atoms with Gasteiger partial charge in [0.05, 0.1) is 11.8 Å². The molecule has 0 aromatic heterocycles. The Morgan fingerprint density at radius 3 is 2.74 bits per heavy atom. The summed E-state index contributed by atoms with van der Waals surface area (Å²) in [5.41, 5.74) is -0.887. The topological polar surface area (TPSA) is 90.4 Å². The molecular formula is C13H21IN2O3. The zero-order chi connectivity index (χ0) is 13.9. The van der Waals surface area contributed by atoms with Crippen LogP contribution in [0.4, 0.5) is 0 Å². The Morgan fingerprint density at radius 1 is 1.58 bits per heavy atom. The lowest BCUT2D eigenvalue weighted by molar-refractivity contribution is -0.158. The molecule has 3 unspecified atom stereocenters. The first-order valence-corrected chi connectivity index (χ1v) is 8.09. The van der Waals surface area contributed by atoms with Crippen molar-refractivity contribution in [3.8, 4) is 0 Å². The molecule has 1 aliphatic carbocycles. The van der Waals surface area contributed by atoms with E-state index in [1.807, 2.05) is 13.8 Å². The lowest BCUT2D eigenvalue weighted by Crippen LogP contribution is -2.49. The van der Waals surface area contributed by atoms with Crippen LogP contribution in [-0.4, -0.2) is 38.0 Å². The molecule has 0 radical (unpaired) electrons. The minimum absolute atomic E-state index is 0.146. The summed E-state index contributed by atoms with van der Waals surface area (Å²) >= 11 is 2.16. The second kappa shape index (κ2) is 4.29. The van der Waals surface area contributed by atoms with Crippen molar-refractivity contribution in [2.75, 3.05) is 0 Å². The van der Waals surface area contributed by atoms with Gasteiger partial charge >= 0.3 is 5.97 Å². The largest absolute Gasteiger partial charge is 0.461 e. The first-order chi connectivity index (χ1) is 8.83. The number of halogens is 1. The molecule has 3 N–H and O–H groups in total. The molecule has 3 aliphatic rings. The van der Waals surface area contributed by atoms with Gasteiger partial charge < -0.3 is 9.84 Å². The van der Waals surface area contributed by atoms with Crippen molar-refractivity contribution in [3.63, 3.8) is 0 Å². The number of esters is 1. The molecule has 2 heterocycles. The molecule has 3 fully saturated rings. The van der Waals surface area contributed by atoms with Crippen LogP contribution in [0.1, 0.15) is 46.0 Å². The molecule has 108 valence electrons. The zero-order valence-electron chi connectivity index (χ0n) is 11.3. The summed E-state index contributed by atoms with van der Waals surface area (Å²) in [6.45, 7) is 3.89. The van der Waals surface area contributed by atoms with Gasteiger partial charge in [0.2, 0.25) is 0 Å². The van der Waals surface area contributed by atoms with Gasteiger partial charge in [-0.3, -0.25) is 15.4 Å². The van der Waals surface area contributed by atoms with E-state index in [-0.39, 0.29) is 23.9 Å². The SMILES string of the molecule is CCC1(O)CCCC(OC(=O)C(C)(I)C23NC2N3)C1. The summed E-state index contributed by atoms with van der Waals surface area (Å²) in [5, 5.41) is 16.8. The van der Waals surface area contributed by atoms with Gasteiger partial charge in [0.25, 0.3) is 0 Å². The molecule has 3 atom stereocenters. The Bertz CT molecular complexity index is 409. The van der Waals surface area contributed by atoms with E-state index in [4.69, 9.17) is 4.74 Å². The smallest absolute Gasteiger partial charge is 0.325 e. The van der Waals surface area contributed by atoms with E-state index < -0.39 is 9.02 Å². The maximum Gasteiger partial charge on any atom is 0.325 e. The van der Waals surface area contributed by atoms with Crippen LogP contribution in [0.5, 0.6) is 0 Å². The average molecular weight is 380 g/mol. The number of carbonyl (C=O) groups is 1. The Kier molecular flexibility index (Phi) is 3.17. The first kappa shape index (κ1) is 14.0. The van der Waals surface area contributed by atoms with Gasteiger partial charge in [-0.15, -0.1) is 0 Å². The minimum Gasteiger partial charge on any atom is -0.461 e. The summed E-state index contributed by atoms with van der Waals surface area (Å²) in [5.74, 6) is -0.182. The molecule has 2 aliphatic heterocycles. The molecule has 0 aromatic carbocycles. The Labute approximate surface area is 127 Å². The summed E-state index contributed by atoms with van der Waals surface area (Å²) in [4.78, 5) is 12.4. The molecule has 0 spiro atoms. The number of hydrogen-bond donors (Lipinski definition) is 3. The van der Waals surface area contributed by atoms with Gasteiger partial charge in [0.1, 0.15) is 11.8 Å². The van der Waals surface area contributed by atoms with E-state index in [1.165, 1.54) is 0 Å². The number of ether oxygens (including phenoxy) is 1. The molecule has 19 heavy (non-hydrogen) atoms. The van der Waals surface area contributed by atoms with E-state index in [9.17, 15) is 9.90 Å². The summed E-state index contributed by atoms with van der Waals surface area (Å²) in [6.07, 6.45) is 4.02. The second-order valence-corrected chi connectivity index (χ2v) is 8.39. The van der Waals surface area contributed by atoms with Crippen LogP contribution in [0.15, 0.2) is 0 Å². The van der Waals surface area contributed by atoms with Crippen LogP contribution in [0.2, 0.25) is 0 Å². The van der Waals surface area contributed by atoms with Gasteiger partial charge in [0, 0.05) is 6.42 Å². The third kappa shape index (κ3) is 2.20. The monoisotopic (exact) mass is 380 g/mol. The van der Waals surface area contributed by atoms with E-state index in [0.29, 0.717) is 6.42 Å². The van der Waals surface area contributed by atoms with Crippen molar-refractivity contribution in [1.82, 2.24) is 10.6 Å². The fourth-order valence-corrected chi connectivity index (χ4v) is 3.80. The van der Waals surface area contributed by atoms with E-state index in [0.717, 1.165) is 25.7 Å². The van der Waals surface area contributed by atoms with E-state index >= 15 is 0 Å². The van der Waals surface area contributed by atoms with Crippen LogP contribution < -0.4 is 10.6 Å². The standard InChI is InChI=1S/C13H21IN2O3/c1-3-12(18)6-4-5-8(7-12)19-10(17)11(2,14)13-9(15-13)16-13/h8-9,15-16,18H,3-7H2,1-2H3. The van der Waals surface area contributed by atoms with Gasteiger partial charge in [0.15, 0.2) is 3.42 Å². The van der Waals surface area contributed by atoms with Crippen molar-refractivity contribution in [3.05, 3.63) is 0 Å². The predicted molar refractivity (Wildman–Crippen MR) is 78.8 cm³/mol. The number of carbonyl (C=O) groups excluding carboxylic acids is 1. The Hall–Kier alpha value is 0.0800.